The molecule has 0 bridgehead atoms. The molecular formula is C18H19N3O2. The van der Waals surface area contributed by atoms with E-state index in [1.807, 2.05) is 56.3 Å². The summed E-state index contributed by atoms with van der Waals surface area (Å²) in [6.45, 7) is 5.11. The molecule has 0 atom stereocenters. The molecular weight excluding hydrogens is 290 g/mol. The number of hydrogen-bond donors (Lipinski definition) is 1. The maximum Gasteiger partial charge on any atom is 0.149 e. The van der Waals surface area contributed by atoms with Gasteiger partial charge in [-0.3, -0.25) is 4.98 Å². The second-order valence-corrected chi connectivity index (χ2v) is 4.89. The third-order valence-electron chi connectivity index (χ3n) is 3.27. The maximum atomic E-state index is 5.66. The first-order valence-corrected chi connectivity index (χ1v) is 7.68. The van der Waals surface area contributed by atoms with Crippen LogP contribution in [0.15, 0.2) is 48.7 Å². The van der Waals surface area contributed by atoms with Gasteiger partial charge in [0.15, 0.2) is 0 Å². The third kappa shape index (κ3) is 3.51. The Bertz CT molecular complexity index is 805. The summed E-state index contributed by atoms with van der Waals surface area (Å²) >= 11 is 0. The number of rotatable bonds is 6. The van der Waals surface area contributed by atoms with Crippen LogP contribution in [-0.4, -0.2) is 23.2 Å². The van der Waals surface area contributed by atoms with Gasteiger partial charge in [-0.05, 0) is 38.1 Å². The fourth-order valence-corrected chi connectivity index (χ4v) is 2.30. The summed E-state index contributed by atoms with van der Waals surface area (Å²) in [6, 6.07) is 13.5. The van der Waals surface area contributed by atoms with E-state index in [0.29, 0.717) is 19.0 Å². The molecule has 0 saturated heterocycles. The fourth-order valence-electron chi connectivity index (χ4n) is 2.30. The van der Waals surface area contributed by atoms with Crippen molar-refractivity contribution in [3.05, 3.63) is 48.7 Å². The van der Waals surface area contributed by atoms with Crippen LogP contribution in [0.5, 0.6) is 11.5 Å². The van der Waals surface area contributed by atoms with Crippen molar-refractivity contribution in [2.75, 3.05) is 18.5 Å². The SMILES string of the molecule is CCOc1ccc(OCC)c(Nc2cnc3ccccc3n2)c1. The van der Waals surface area contributed by atoms with Gasteiger partial charge >= 0.3 is 0 Å². The van der Waals surface area contributed by atoms with Gasteiger partial charge in [-0.1, -0.05) is 12.1 Å². The van der Waals surface area contributed by atoms with E-state index >= 15 is 0 Å². The number of anilines is 2. The number of ether oxygens (including phenoxy) is 2. The molecule has 1 heterocycles. The first kappa shape index (κ1) is 15.1. The van der Waals surface area contributed by atoms with Crippen LogP contribution in [0.3, 0.4) is 0 Å². The molecule has 0 spiro atoms. The van der Waals surface area contributed by atoms with Gasteiger partial charge < -0.3 is 14.8 Å². The highest BCUT2D eigenvalue weighted by Crippen LogP contribution is 2.31. The molecule has 0 radical (unpaired) electrons. The van der Waals surface area contributed by atoms with E-state index in [4.69, 9.17) is 9.47 Å². The summed E-state index contributed by atoms with van der Waals surface area (Å²) in [7, 11) is 0. The van der Waals surface area contributed by atoms with Gasteiger partial charge in [0.2, 0.25) is 0 Å². The number of nitrogens with zero attached hydrogens (tertiary/aromatic N) is 2. The molecule has 5 heteroatoms. The van der Waals surface area contributed by atoms with Crippen LogP contribution in [0, 0.1) is 0 Å². The van der Waals surface area contributed by atoms with E-state index in [9.17, 15) is 0 Å². The summed E-state index contributed by atoms with van der Waals surface area (Å²) in [6.07, 6.45) is 1.71. The Hall–Kier alpha value is -2.82. The van der Waals surface area contributed by atoms with Gasteiger partial charge in [-0.15, -0.1) is 0 Å². The Balaban J connectivity index is 1.93. The van der Waals surface area contributed by atoms with Crippen LogP contribution >= 0.6 is 0 Å². The normalized spacial score (nSPS) is 10.5. The lowest BCUT2D eigenvalue weighted by molar-refractivity contribution is 0.332. The van der Waals surface area contributed by atoms with Gasteiger partial charge in [0.1, 0.15) is 17.3 Å². The number of benzene rings is 2. The lowest BCUT2D eigenvalue weighted by Gasteiger charge is -2.14. The molecule has 5 nitrogen and oxygen atoms in total. The highest BCUT2D eigenvalue weighted by atomic mass is 16.5. The Labute approximate surface area is 135 Å². The zero-order chi connectivity index (χ0) is 16.1. The Morgan fingerprint density at radius 1 is 0.957 bits per heavy atom. The van der Waals surface area contributed by atoms with Crippen LogP contribution in [0.25, 0.3) is 11.0 Å². The summed E-state index contributed by atoms with van der Waals surface area (Å²) in [5, 5.41) is 3.27. The molecule has 0 aliphatic rings. The van der Waals surface area contributed by atoms with E-state index in [-0.39, 0.29) is 0 Å². The highest BCUT2D eigenvalue weighted by Gasteiger charge is 2.08. The van der Waals surface area contributed by atoms with Gasteiger partial charge in [0.25, 0.3) is 0 Å². The maximum absolute atomic E-state index is 5.66. The van der Waals surface area contributed by atoms with Crippen molar-refractivity contribution < 1.29 is 9.47 Å². The molecule has 118 valence electrons. The molecule has 2 aromatic carbocycles. The smallest absolute Gasteiger partial charge is 0.149 e. The minimum atomic E-state index is 0.589. The minimum absolute atomic E-state index is 0.589. The number of fused-ring (bicyclic) bond motifs is 1. The van der Waals surface area contributed by atoms with Crippen LogP contribution < -0.4 is 14.8 Å². The van der Waals surface area contributed by atoms with Gasteiger partial charge in [0, 0.05) is 6.07 Å². The molecule has 1 aromatic heterocycles. The Morgan fingerprint density at radius 2 is 1.74 bits per heavy atom. The standard InChI is InChI=1S/C18H19N3O2/c1-3-22-13-9-10-17(23-4-2)16(11-13)21-18-12-19-14-7-5-6-8-15(14)20-18/h5-12H,3-4H2,1-2H3,(H,20,21). The summed E-state index contributed by atoms with van der Waals surface area (Å²) in [5.41, 5.74) is 2.52. The first-order chi connectivity index (χ1) is 11.3. The molecule has 3 aromatic rings. The van der Waals surface area contributed by atoms with E-state index in [0.717, 1.165) is 28.2 Å². The molecule has 0 saturated carbocycles. The monoisotopic (exact) mass is 309 g/mol. The van der Waals surface area contributed by atoms with Crippen LogP contribution in [0.2, 0.25) is 0 Å². The van der Waals surface area contributed by atoms with Crippen LogP contribution in [0.1, 0.15) is 13.8 Å². The number of hydrogen-bond acceptors (Lipinski definition) is 5. The third-order valence-corrected chi connectivity index (χ3v) is 3.27. The summed E-state index contributed by atoms with van der Waals surface area (Å²) in [5.74, 6) is 2.21. The van der Waals surface area contributed by atoms with Crippen molar-refractivity contribution in [1.82, 2.24) is 9.97 Å². The summed E-state index contributed by atoms with van der Waals surface area (Å²) in [4.78, 5) is 8.99. The minimum Gasteiger partial charge on any atom is -0.494 e. The second-order valence-electron chi connectivity index (χ2n) is 4.89. The van der Waals surface area contributed by atoms with Crippen molar-refractivity contribution in [3.63, 3.8) is 0 Å². The van der Waals surface area contributed by atoms with Crippen LogP contribution in [0.4, 0.5) is 11.5 Å². The molecule has 3 rings (SSSR count). The quantitative estimate of drug-likeness (QED) is 0.740. The molecule has 0 amide bonds. The number of nitrogens with one attached hydrogen (secondary N) is 1. The van der Waals surface area contributed by atoms with E-state index < -0.39 is 0 Å². The predicted molar refractivity (Wildman–Crippen MR) is 91.6 cm³/mol. The largest absolute Gasteiger partial charge is 0.494 e. The molecule has 1 N–H and O–H groups in total. The van der Waals surface area contributed by atoms with Crippen molar-refractivity contribution in [2.45, 2.75) is 13.8 Å². The zero-order valence-corrected chi connectivity index (χ0v) is 13.2. The highest BCUT2D eigenvalue weighted by molar-refractivity contribution is 5.76. The fraction of sp³-hybridized carbons (Fsp3) is 0.222. The van der Waals surface area contributed by atoms with Crippen molar-refractivity contribution in [3.8, 4) is 11.5 Å². The topological polar surface area (TPSA) is 56.3 Å². The number of para-hydroxylation sites is 2. The number of aromatic nitrogens is 2. The average Bonchev–Trinajstić information content (AvgIpc) is 2.57. The molecule has 0 aliphatic heterocycles. The lowest BCUT2D eigenvalue weighted by Crippen LogP contribution is -2.01. The van der Waals surface area contributed by atoms with E-state index in [2.05, 4.69) is 15.3 Å². The van der Waals surface area contributed by atoms with Crippen LogP contribution in [-0.2, 0) is 0 Å². The van der Waals surface area contributed by atoms with Crippen molar-refractivity contribution >= 4 is 22.5 Å². The van der Waals surface area contributed by atoms with Crippen molar-refractivity contribution in [1.29, 1.82) is 0 Å². The Morgan fingerprint density at radius 3 is 2.52 bits per heavy atom. The lowest BCUT2D eigenvalue weighted by atomic mass is 10.2. The second kappa shape index (κ2) is 6.96. The molecule has 0 aliphatic carbocycles. The molecule has 0 unspecified atom stereocenters. The zero-order valence-electron chi connectivity index (χ0n) is 13.2. The van der Waals surface area contributed by atoms with Gasteiger partial charge in [0.05, 0.1) is 36.1 Å². The van der Waals surface area contributed by atoms with E-state index in [1.165, 1.54) is 0 Å². The van der Waals surface area contributed by atoms with Gasteiger partial charge in [-0.25, -0.2) is 4.98 Å². The predicted octanol–water partition coefficient (Wildman–Crippen LogP) is 4.17. The Kier molecular flexibility index (Phi) is 4.57. The van der Waals surface area contributed by atoms with E-state index in [1.54, 1.807) is 6.20 Å². The first-order valence-electron chi connectivity index (χ1n) is 7.68. The van der Waals surface area contributed by atoms with Crippen molar-refractivity contribution in [2.24, 2.45) is 0 Å². The molecule has 0 fully saturated rings. The molecule has 23 heavy (non-hydrogen) atoms. The summed E-state index contributed by atoms with van der Waals surface area (Å²) < 4.78 is 11.2. The van der Waals surface area contributed by atoms with Gasteiger partial charge in [-0.2, -0.15) is 0 Å². The average molecular weight is 309 g/mol.